The Morgan fingerprint density at radius 2 is 1.56 bits per heavy atom. The van der Waals surface area contributed by atoms with E-state index in [1.807, 2.05) is 4.90 Å². The molecule has 1 aliphatic rings. The first kappa shape index (κ1) is 24.1. The van der Waals surface area contributed by atoms with Crippen LogP contribution in [0.5, 0.6) is 28.7 Å². The number of nitrogens with zero attached hydrogens (tertiary/aromatic N) is 1. The molecule has 0 atom stereocenters. The fraction of sp³-hybridized carbons (Fsp3) is 0.480. The highest BCUT2D eigenvalue weighted by molar-refractivity contribution is 6.32. The van der Waals surface area contributed by atoms with Crippen LogP contribution < -0.4 is 18.9 Å². The molecular formula is C25H32ClNO5. The van der Waals surface area contributed by atoms with E-state index in [9.17, 15) is 4.79 Å². The van der Waals surface area contributed by atoms with Crippen LogP contribution in [0.4, 0.5) is 0 Å². The Hall–Kier alpha value is -2.60. The minimum Gasteiger partial charge on any atom is -0.493 e. The van der Waals surface area contributed by atoms with Gasteiger partial charge in [0.05, 0.1) is 26.4 Å². The number of halogens is 1. The first-order valence-corrected chi connectivity index (χ1v) is 11.4. The molecule has 1 amide bonds. The summed E-state index contributed by atoms with van der Waals surface area (Å²) in [6, 6.07) is 8.96. The first-order valence-electron chi connectivity index (χ1n) is 11.0. The summed E-state index contributed by atoms with van der Waals surface area (Å²) in [7, 11) is 4.63. The molecule has 1 aliphatic carbocycles. The van der Waals surface area contributed by atoms with Gasteiger partial charge in [0.25, 0.3) is 5.91 Å². The minimum absolute atomic E-state index is 0.00753. The highest BCUT2D eigenvalue weighted by Gasteiger charge is 2.28. The largest absolute Gasteiger partial charge is 0.493 e. The van der Waals surface area contributed by atoms with Crippen LogP contribution in [0.15, 0.2) is 30.3 Å². The topological polar surface area (TPSA) is 57.2 Å². The van der Waals surface area contributed by atoms with Crippen LogP contribution >= 0.6 is 11.6 Å². The molecule has 0 aliphatic heterocycles. The summed E-state index contributed by atoms with van der Waals surface area (Å²) >= 11 is 6.52. The molecular weight excluding hydrogens is 430 g/mol. The van der Waals surface area contributed by atoms with Gasteiger partial charge in [-0.2, -0.15) is 0 Å². The maximum atomic E-state index is 13.3. The summed E-state index contributed by atoms with van der Waals surface area (Å²) in [6.45, 7) is 4.13. The summed E-state index contributed by atoms with van der Waals surface area (Å²) in [5, 5.41) is 0.358. The Bertz CT molecular complexity index is 915. The van der Waals surface area contributed by atoms with Crippen LogP contribution in [0, 0.1) is 0 Å². The van der Waals surface area contributed by atoms with E-state index in [-0.39, 0.29) is 18.0 Å². The van der Waals surface area contributed by atoms with E-state index in [2.05, 4.69) is 13.8 Å². The van der Waals surface area contributed by atoms with Crippen molar-refractivity contribution in [2.24, 2.45) is 0 Å². The lowest BCUT2D eigenvalue weighted by Crippen LogP contribution is -2.45. The molecule has 0 heterocycles. The fourth-order valence-electron chi connectivity index (χ4n) is 4.29. The highest BCUT2D eigenvalue weighted by Crippen LogP contribution is 2.42. The highest BCUT2D eigenvalue weighted by atomic mass is 35.5. The van der Waals surface area contributed by atoms with E-state index < -0.39 is 0 Å². The molecule has 3 rings (SSSR count). The van der Waals surface area contributed by atoms with E-state index in [0.717, 1.165) is 12.8 Å². The van der Waals surface area contributed by atoms with Crippen LogP contribution in [0.3, 0.4) is 0 Å². The van der Waals surface area contributed by atoms with Crippen molar-refractivity contribution in [2.75, 3.05) is 21.3 Å². The summed E-state index contributed by atoms with van der Waals surface area (Å²) in [4.78, 5) is 15.3. The Balaban J connectivity index is 1.84. The predicted molar refractivity (Wildman–Crippen MR) is 126 cm³/mol. The molecule has 2 aromatic rings. The second kappa shape index (κ2) is 10.8. The van der Waals surface area contributed by atoms with Gasteiger partial charge in [-0.05, 0) is 44.9 Å². The van der Waals surface area contributed by atoms with Crippen LogP contribution in [-0.4, -0.2) is 44.2 Å². The van der Waals surface area contributed by atoms with E-state index in [4.69, 9.17) is 30.5 Å². The van der Waals surface area contributed by atoms with Crippen molar-refractivity contribution in [1.29, 1.82) is 0 Å². The van der Waals surface area contributed by atoms with Gasteiger partial charge in [0.2, 0.25) is 5.75 Å². The van der Waals surface area contributed by atoms with Crippen molar-refractivity contribution in [1.82, 2.24) is 4.90 Å². The van der Waals surface area contributed by atoms with Gasteiger partial charge in [-0.1, -0.05) is 30.9 Å². The third-order valence-electron chi connectivity index (χ3n) is 5.80. The normalized spacial score (nSPS) is 14.2. The molecule has 0 N–H and O–H groups in total. The van der Waals surface area contributed by atoms with Crippen LogP contribution in [0.25, 0.3) is 0 Å². The van der Waals surface area contributed by atoms with E-state index >= 15 is 0 Å². The maximum absolute atomic E-state index is 13.3. The average molecular weight is 462 g/mol. The molecule has 2 aromatic carbocycles. The van der Waals surface area contributed by atoms with Crippen LogP contribution in [0.1, 0.15) is 56.3 Å². The van der Waals surface area contributed by atoms with Gasteiger partial charge in [-0.25, -0.2) is 0 Å². The predicted octanol–water partition coefficient (Wildman–Crippen LogP) is 6.34. The molecule has 7 heteroatoms. The van der Waals surface area contributed by atoms with E-state index in [1.54, 1.807) is 51.7 Å². The lowest BCUT2D eigenvalue weighted by Gasteiger charge is -2.37. The Morgan fingerprint density at radius 3 is 2.06 bits per heavy atom. The SMILES string of the molecule is COc1cc(Oc2ccc(C(=O)N(C(C)C)C3CCCCC3)cc2Cl)cc(OC)c1OC. The number of methoxy groups -OCH3 is 3. The van der Waals surface area contributed by atoms with Gasteiger partial charge >= 0.3 is 0 Å². The minimum atomic E-state index is 0.00753. The van der Waals surface area contributed by atoms with Gasteiger partial charge in [0.15, 0.2) is 11.5 Å². The van der Waals surface area contributed by atoms with Crippen LogP contribution in [-0.2, 0) is 0 Å². The van der Waals surface area contributed by atoms with Crippen molar-refractivity contribution in [3.8, 4) is 28.7 Å². The van der Waals surface area contributed by atoms with Gasteiger partial charge in [0.1, 0.15) is 11.5 Å². The molecule has 0 saturated heterocycles. The summed E-state index contributed by atoms with van der Waals surface area (Å²) < 4.78 is 22.1. The van der Waals surface area contributed by atoms with Crippen molar-refractivity contribution < 1.29 is 23.7 Å². The molecule has 6 nitrogen and oxygen atoms in total. The van der Waals surface area contributed by atoms with Gasteiger partial charge in [-0.15, -0.1) is 0 Å². The van der Waals surface area contributed by atoms with Crippen LogP contribution in [0.2, 0.25) is 5.02 Å². The monoisotopic (exact) mass is 461 g/mol. The second-order valence-corrected chi connectivity index (χ2v) is 8.61. The van der Waals surface area contributed by atoms with E-state index in [1.165, 1.54) is 19.3 Å². The van der Waals surface area contributed by atoms with Gasteiger partial charge in [0, 0.05) is 29.8 Å². The fourth-order valence-corrected chi connectivity index (χ4v) is 4.51. The molecule has 0 unspecified atom stereocenters. The van der Waals surface area contributed by atoms with Crippen molar-refractivity contribution in [3.05, 3.63) is 40.9 Å². The molecule has 1 saturated carbocycles. The smallest absolute Gasteiger partial charge is 0.254 e. The number of ether oxygens (including phenoxy) is 4. The van der Waals surface area contributed by atoms with Gasteiger partial charge < -0.3 is 23.8 Å². The molecule has 0 spiro atoms. The Labute approximate surface area is 195 Å². The lowest BCUT2D eigenvalue weighted by atomic mass is 9.93. The third kappa shape index (κ3) is 5.23. The Kier molecular flexibility index (Phi) is 8.13. The van der Waals surface area contributed by atoms with Crippen molar-refractivity contribution in [2.45, 2.75) is 58.0 Å². The zero-order valence-electron chi connectivity index (χ0n) is 19.4. The number of hydrogen-bond donors (Lipinski definition) is 0. The zero-order chi connectivity index (χ0) is 23.3. The number of hydrogen-bond acceptors (Lipinski definition) is 5. The van der Waals surface area contributed by atoms with Gasteiger partial charge in [-0.3, -0.25) is 4.79 Å². The molecule has 1 fully saturated rings. The first-order chi connectivity index (χ1) is 15.4. The van der Waals surface area contributed by atoms with E-state index in [0.29, 0.717) is 39.3 Å². The molecule has 174 valence electrons. The zero-order valence-corrected chi connectivity index (χ0v) is 20.2. The van der Waals surface area contributed by atoms with Crippen molar-refractivity contribution >= 4 is 17.5 Å². The lowest BCUT2D eigenvalue weighted by molar-refractivity contribution is 0.0555. The number of carbonyl (C=O) groups is 1. The summed E-state index contributed by atoms with van der Waals surface area (Å²) in [6.07, 6.45) is 5.70. The second-order valence-electron chi connectivity index (χ2n) is 8.21. The molecule has 0 radical (unpaired) electrons. The summed E-state index contributed by atoms with van der Waals surface area (Å²) in [5.74, 6) is 2.35. The van der Waals surface area contributed by atoms with Crippen molar-refractivity contribution in [3.63, 3.8) is 0 Å². The number of carbonyl (C=O) groups excluding carboxylic acids is 1. The quantitative estimate of drug-likeness (QED) is 0.459. The molecule has 0 bridgehead atoms. The average Bonchev–Trinajstić information content (AvgIpc) is 2.80. The summed E-state index contributed by atoms with van der Waals surface area (Å²) in [5.41, 5.74) is 0.562. The molecule has 32 heavy (non-hydrogen) atoms. The molecule has 0 aromatic heterocycles. The third-order valence-corrected chi connectivity index (χ3v) is 6.10. The number of benzene rings is 2. The number of amides is 1. The maximum Gasteiger partial charge on any atom is 0.254 e. The Morgan fingerprint density at radius 1 is 0.938 bits per heavy atom. The number of rotatable bonds is 8. The standard InChI is InChI=1S/C25H32ClNO5/c1-16(2)27(18-9-7-6-8-10-18)25(28)17-11-12-21(20(26)13-17)32-19-14-22(29-3)24(31-5)23(15-19)30-4/h11-16,18H,6-10H2,1-5H3.